The van der Waals surface area contributed by atoms with Crippen LogP contribution in [0.5, 0.6) is 0 Å². The molecule has 3 atom stereocenters. The Morgan fingerprint density at radius 2 is 1.90 bits per heavy atom. The summed E-state index contributed by atoms with van der Waals surface area (Å²) in [7, 11) is -2.17. The summed E-state index contributed by atoms with van der Waals surface area (Å²) >= 11 is 0. The summed E-state index contributed by atoms with van der Waals surface area (Å²) in [5.74, 6) is 0.839. The van der Waals surface area contributed by atoms with E-state index in [0.717, 1.165) is 10.6 Å². The van der Waals surface area contributed by atoms with Crippen molar-refractivity contribution in [1.82, 2.24) is 4.31 Å². The third kappa shape index (κ3) is 4.03. The van der Waals surface area contributed by atoms with E-state index in [4.69, 9.17) is 13.0 Å². The molecule has 0 spiro atoms. The number of benzene rings is 1. The van der Waals surface area contributed by atoms with Gasteiger partial charge in [-0.1, -0.05) is 27.7 Å². The minimum absolute atomic E-state index is 0.290. The molecule has 0 saturated heterocycles. The lowest BCUT2D eigenvalue weighted by Crippen LogP contribution is -2.33. The summed E-state index contributed by atoms with van der Waals surface area (Å²) in [6, 6.07) is 9.90. The molecule has 3 unspecified atom stereocenters. The Kier molecular flexibility index (Phi) is 6.16. The fourth-order valence-electron chi connectivity index (χ4n) is 1.81. The predicted octanol–water partition coefficient (Wildman–Crippen LogP) is 2.10. The van der Waals surface area contributed by atoms with Gasteiger partial charge >= 0.3 is 7.82 Å². The third-order valence-corrected chi connectivity index (χ3v) is 10.8. The molecule has 0 amide bonds. The molecule has 0 saturated carbocycles. The smallest absolute Gasteiger partial charge is 0.378 e. The second-order valence-corrected chi connectivity index (χ2v) is 11.0. The molecular weight excluding hydrogens is 333 g/mol. The molecule has 0 fully saturated rings. The van der Waals surface area contributed by atoms with Crippen LogP contribution in [0.1, 0.15) is 6.92 Å². The first kappa shape index (κ1) is 17.3. The van der Waals surface area contributed by atoms with Gasteiger partial charge in [0, 0.05) is 31.4 Å². The number of aliphatic hydroxyl groups is 1. The molecule has 6 nitrogen and oxygen atoms in total. The van der Waals surface area contributed by atoms with Crippen molar-refractivity contribution in [3.63, 3.8) is 0 Å². The van der Waals surface area contributed by atoms with Crippen LogP contribution in [0, 0.1) is 0 Å². The molecule has 1 N–H and O–H groups in total. The van der Waals surface area contributed by atoms with Crippen molar-refractivity contribution in [2.45, 2.75) is 18.0 Å². The molecule has 0 aliphatic carbocycles. The lowest BCUT2D eigenvalue weighted by atomic mass is 10.4. The molecule has 21 heavy (non-hydrogen) atoms. The molecule has 1 aliphatic heterocycles. The van der Waals surface area contributed by atoms with Crippen LogP contribution in [0.3, 0.4) is 0 Å². The summed E-state index contributed by atoms with van der Waals surface area (Å²) in [6.07, 6.45) is -0.684. The normalized spacial score (nSPS) is 25.1. The molecule has 1 aromatic carbocycles. The van der Waals surface area contributed by atoms with Gasteiger partial charge in [-0.2, -0.15) is 0 Å². The molecular formula is C12H20NO5PS2. The van der Waals surface area contributed by atoms with Crippen LogP contribution in [-0.4, -0.2) is 42.2 Å². The molecule has 0 bridgehead atoms. The summed E-state index contributed by atoms with van der Waals surface area (Å²) in [6.45, 7) is 2.35. The van der Waals surface area contributed by atoms with E-state index in [1.807, 2.05) is 30.3 Å². The van der Waals surface area contributed by atoms with Crippen LogP contribution in [-0.2, 0) is 37.0 Å². The topological polar surface area (TPSA) is 68.2 Å². The molecule has 120 valence electrons. The lowest BCUT2D eigenvalue weighted by molar-refractivity contribution is 0.0873. The average molecular weight is 353 g/mol. The Morgan fingerprint density at radius 1 is 1.29 bits per heavy atom. The first-order chi connectivity index (χ1) is 10.0. The lowest BCUT2D eigenvalue weighted by Gasteiger charge is -2.25. The third-order valence-electron chi connectivity index (χ3n) is 2.89. The van der Waals surface area contributed by atoms with E-state index in [0.29, 0.717) is 6.54 Å². The number of hydrogen-bond acceptors (Lipinski definition) is 6. The highest BCUT2D eigenvalue weighted by atomic mass is 32.9. The molecule has 9 heteroatoms. The largest absolute Gasteiger partial charge is 0.486 e. The van der Waals surface area contributed by atoms with Crippen molar-refractivity contribution in [3.8, 4) is 0 Å². The predicted molar refractivity (Wildman–Crippen MR) is 85.4 cm³/mol. The highest BCUT2D eigenvalue weighted by Crippen LogP contribution is 2.50. The van der Waals surface area contributed by atoms with Gasteiger partial charge in [0.15, 0.2) is 0 Å². The van der Waals surface area contributed by atoms with Crippen molar-refractivity contribution in [2.75, 3.05) is 26.5 Å². The minimum atomic E-state index is -3.60. The summed E-state index contributed by atoms with van der Waals surface area (Å²) < 4.78 is 29.5. The highest BCUT2D eigenvalue weighted by Gasteiger charge is 2.34. The van der Waals surface area contributed by atoms with Crippen LogP contribution in [0.4, 0.5) is 0 Å². The molecule has 1 aromatic rings. The number of phosphoric ester groups is 1. The quantitative estimate of drug-likeness (QED) is 0.790. The number of rotatable bonds is 6. The van der Waals surface area contributed by atoms with Gasteiger partial charge in [0.25, 0.3) is 0 Å². The zero-order valence-corrected chi connectivity index (χ0v) is 14.7. The second kappa shape index (κ2) is 7.48. The average Bonchev–Trinajstić information content (AvgIpc) is 2.91. The number of aliphatic hydroxyl groups excluding tert-OH is 1. The van der Waals surface area contributed by atoms with Crippen LogP contribution < -0.4 is 0 Å². The minimum Gasteiger partial charge on any atom is -0.378 e. The molecule has 1 aliphatic rings. The summed E-state index contributed by atoms with van der Waals surface area (Å²) in [4.78, 5) is 1.11. The maximum absolute atomic E-state index is 12.3. The monoisotopic (exact) mass is 353 g/mol. The van der Waals surface area contributed by atoms with Gasteiger partial charge < -0.3 is 5.11 Å². The summed E-state index contributed by atoms with van der Waals surface area (Å²) in [5, 5.41) is 9.92. The van der Waals surface area contributed by atoms with Crippen molar-refractivity contribution in [3.05, 3.63) is 30.3 Å². The van der Waals surface area contributed by atoms with Gasteiger partial charge in [-0.15, -0.1) is 0 Å². The number of phosphoric acid groups is 1. The van der Waals surface area contributed by atoms with E-state index in [2.05, 4.69) is 0 Å². The number of nitrogens with zero attached hydrogens (tertiary/aromatic N) is 1. The Hall–Kier alpha value is -0.0500. The molecule has 0 radical (unpaired) electrons. The fourth-order valence-corrected chi connectivity index (χ4v) is 10.0. The van der Waals surface area contributed by atoms with Crippen molar-refractivity contribution >= 4 is 27.2 Å². The molecule has 1 heterocycles. The standard InChI is InChI=1S/C12H20NO5PS2/c1-11(14)13-9-10-20(12-7-5-4-6-8-12)21(13)18-19(15,16-2)17-3/h4-8,11,14H,9-10H2,1-3H3. The molecule has 2 rings (SSSR count). The van der Waals surface area contributed by atoms with Gasteiger partial charge in [-0.3, -0.25) is 9.05 Å². The Labute approximate surface area is 129 Å². The maximum Gasteiger partial charge on any atom is 0.486 e. The van der Waals surface area contributed by atoms with Crippen LogP contribution in [0.25, 0.3) is 0 Å². The van der Waals surface area contributed by atoms with E-state index in [9.17, 15) is 9.67 Å². The van der Waals surface area contributed by atoms with Crippen molar-refractivity contribution in [2.24, 2.45) is 0 Å². The zero-order valence-electron chi connectivity index (χ0n) is 12.2. The Morgan fingerprint density at radius 3 is 2.43 bits per heavy atom. The van der Waals surface area contributed by atoms with Gasteiger partial charge in [0.1, 0.15) is 6.23 Å². The van der Waals surface area contributed by atoms with Crippen LogP contribution >= 0.6 is 7.82 Å². The van der Waals surface area contributed by atoms with Crippen LogP contribution in [0.15, 0.2) is 35.2 Å². The number of hydrogen-bond donors (Lipinski definition) is 1. The van der Waals surface area contributed by atoms with Gasteiger partial charge in [-0.05, 0) is 19.1 Å². The van der Waals surface area contributed by atoms with E-state index in [-0.39, 0.29) is 9.45 Å². The molecule has 0 aromatic heterocycles. The zero-order chi connectivity index (χ0) is 15.5. The maximum atomic E-state index is 12.3. The second-order valence-electron chi connectivity index (χ2n) is 4.24. The van der Waals surface area contributed by atoms with E-state index >= 15 is 0 Å². The highest BCUT2D eigenvalue weighted by molar-refractivity contribution is 8.42. The SMILES string of the molecule is COP(=O)(OC)OS1=S(c2ccccc2)CCN1C(C)O. The van der Waals surface area contributed by atoms with E-state index in [1.165, 1.54) is 14.2 Å². The van der Waals surface area contributed by atoms with Crippen molar-refractivity contribution < 1.29 is 22.7 Å². The van der Waals surface area contributed by atoms with Gasteiger partial charge in [-0.25, -0.2) is 12.8 Å². The van der Waals surface area contributed by atoms with Gasteiger partial charge in [0.05, 0.1) is 9.92 Å². The first-order valence-electron chi connectivity index (χ1n) is 6.38. The van der Waals surface area contributed by atoms with Gasteiger partial charge in [0.2, 0.25) is 0 Å². The van der Waals surface area contributed by atoms with Crippen LogP contribution in [0.2, 0.25) is 0 Å². The summed E-state index contributed by atoms with van der Waals surface area (Å²) in [5.41, 5.74) is 0. The van der Waals surface area contributed by atoms with E-state index < -0.39 is 24.0 Å². The first-order valence-corrected chi connectivity index (χ1v) is 10.9. The Balaban J connectivity index is 2.42. The van der Waals surface area contributed by atoms with E-state index in [1.54, 1.807) is 11.2 Å². The van der Waals surface area contributed by atoms with Crippen molar-refractivity contribution in [1.29, 1.82) is 0 Å². The fraction of sp³-hybridized carbons (Fsp3) is 0.500. The Bertz CT molecular complexity index is 558.